The van der Waals surface area contributed by atoms with Gasteiger partial charge in [0.2, 0.25) is 0 Å². The van der Waals surface area contributed by atoms with E-state index in [2.05, 4.69) is 31.0 Å². The molecule has 4 nitrogen and oxygen atoms in total. The van der Waals surface area contributed by atoms with Gasteiger partial charge in [0.25, 0.3) is 0 Å². The van der Waals surface area contributed by atoms with Crippen molar-refractivity contribution in [3.05, 3.63) is 0 Å². The molecule has 1 aliphatic rings. The summed E-state index contributed by atoms with van der Waals surface area (Å²) in [6.45, 7) is 11.4. The largest absolute Gasteiger partial charge is 0.310 e. The zero-order chi connectivity index (χ0) is 14.5. The molecule has 0 saturated carbocycles. The average molecular weight is 290 g/mol. The first-order valence-corrected chi connectivity index (χ1v) is 9.33. The molecule has 1 N–H and O–H groups in total. The molecule has 1 heterocycles. The molecule has 2 unspecified atom stereocenters. The molecule has 0 aromatic heterocycles. The third kappa shape index (κ3) is 5.40. The molecule has 5 heteroatoms. The van der Waals surface area contributed by atoms with Gasteiger partial charge < -0.3 is 5.32 Å². The quantitative estimate of drug-likeness (QED) is 0.808. The topological polar surface area (TPSA) is 49.4 Å². The smallest absolute Gasteiger partial charge is 0.150 e. The van der Waals surface area contributed by atoms with Gasteiger partial charge in [-0.2, -0.15) is 0 Å². The van der Waals surface area contributed by atoms with Crippen LogP contribution in [0.5, 0.6) is 0 Å². The molecule has 0 aromatic carbocycles. The number of hydrogen-bond acceptors (Lipinski definition) is 4. The molecule has 1 saturated heterocycles. The fourth-order valence-electron chi connectivity index (χ4n) is 2.59. The summed E-state index contributed by atoms with van der Waals surface area (Å²) in [6.07, 6.45) is 2.99. The molecule has 0 aromatic rings. The van der Waals surface area contributed by atoms with Crippen LogP contribution in [0.4, 0.5) is 0 Å². The summed E-state index contributed by atoms with van der Waals surface area (Å²) in [5, 5.41) is 3.63. The second-order valence-electron chi connectivity index (χ2n) is 6.04. The first kappa shape index (κ1) is 16.9. The van der Waals surface area contributed by atoms with E-state index >= 15 is 0 Å². The number of sulfone groups is 1. The van der Waals surface area contributed by atoms with Crippen LogP contribution in [0.2, 0.25) is 0 Å². The Hall–Kier alpha value is -0.130. The Morgan fingerprint density at radius 2 is 2.05 bits per heavy atom. The van der Waals surface area contributed by atoms with Gasteiger partial charge in [0, 0.05) is 23.9 Å². The van der Waals surface area contributed by atoms with E-state index in [1.165, 1.54) is 0 Å². The molecule has 0 spiro atoms. The van der Waals surface area contributed by atoms with Crippen LogP contribution in [0.3, 0.4) is 0 Å². The Morgan fingerprint density at radius 3 is 2.63 bits per heavy atom. The second kappa shape index (κ2) is 7.04. The molecule has 114 valence electrons. The number of hydrogen-bond donors (Lipinski definition) is 1. The molecule has 1 aliphatic heterocycles. The van der Waals surface area contributed by atoms with Gasteiger partial charge in [-0.3, -0.25) is 4.90 Å². The highest BCUT2D eigenvalue weighted by molar-refractivity contribution is 7.91. The van der Waals surface area contributed by atoms with Crippen molar-refractivity contribution in [2.45, 2.75) is 58.5 Å². The molecule has 2 atom stereocenters. The lowest BCUT2D eigenvalue weighted by Crippen LogP contribution is -2.49. The van der Waals surface area contributed by atoms with Gasteiger partial charge >= 0.3 is 0 Å². The van der Waals surface area contributed by atoms with Crippen LogP contribution in [0.15, 0.2) is 0 Å². The Balaban J connectivity index is 2.54. The summed E-state index contributed by atoms with van der Waals surface area (Å²) in [5.41, 5.74) is 0.161. The highest BCUT2D eigenvalue weighted by Gasteiger charge is 2.30. The second-order valence-corrected chi connectivity index (χ2v) is 8.51. The van der Waals surface area contributed by atoms with Crippen LogP contribution >= 0.6 is 0 Å². The third-order valence-electron chi connectivity index (χ3n) is 4.41. The van der Waals surface area contributed by atoms with Crippen molar-refractivity contribution in [1.82, 2.24) is 10.2 Å². The summed E-state index contributed by atoms with van der Waals surface area (Å²) in [4.78, 5) is 2.45. The lowest BCUT2D eigenvalue weighted by molar-refractivity contribution is 0.172. The van der Waals surface area contributed by atoms with E-state index in [9.17, 15) is 8.42 Å². The Bertz CT molecular complexity index is 370. The predicted octanol–water partition coefficient (Wildman–Crippen LogP) is 1.66. The average Bonchev–Trinajstić information content (AvgIpc) is 2.50. The van der Waals surface area contributed by atoms with Crippen LogP contribution in [-0.2, 0) is 9.84 Å². The number of nitrogens with one attached hydrogen (secondary N) is 1. The molecule has 1 rings (SSSR count). The highest BCUT2D eigenvalue weighted by Crippen LogP contribution is 2.19. The highest BCUT2D eigenvalue weighted by atomic mass is 32.2. The summed E-state index contributed by atoms with van der Waals surface area (Å²) in [6, 6.07) is 0.533. The minimum Gasteiger partial charge on any atom is -0.310 e. The van der Waals surface area contributed by atoms with E-state index in [4.69, 9.17) is 0 Å². The SMILES string of the molecule is CCC1(C)CN(CCCS(=O)(=O)CC)C(C)CCN1. The normalized spacial score (nSPS) is 30.2. The monoisotopic (exact) mass is 290 g/mol. The maximum atomic E-state index is 11.5. The zero-order valence-corrected chi connectivity index (χ0v) is 13.7. The van der Waals surface area contributed by atoms with Crippen molar-refractivity contribution in [1.29, 1.82) is 0 Å². The van der Waals surface area contributed by atoms with E-state index in [1.807, 2.05) is 0 Å². The molecule has 0 aliphatic carbocycles. The Kier molecular flexibility index (Phi) is 6.27. The van der Waals surface area contributed by atoms with Crippen LogP contribution < -0.4 is 5.32 Å². The van der Waals surface area contributed by atoms with E-state index in [0.717, 1.165) is 38.9 Å². The van der Waals surface area contributed by atoms with E-state index in [-0.39, 0.29) is 11.3 Å². The van der Waals surface area contributed by atoms with Gasteiger partial charge in [-0.05, 0) is 46.2 Å². The van der Waals surface area contributed by atoms with Crippen molar-refractivity contribution < 1.29 is 8.42 Å². The van der Waals surface area contributed by atoms with Gasteiger partial charge in [-0.25, -0.2) is 8.42 Å². The molecular formula is C14H30N2O2S. The third-order valence-corrected chi connectivity index (χ3v) is 6.20. The Morgan fingerprint density at radius 1 is 1.37 bits per heavy atom. The van der Waals surface area contributed by atoms with Crippen LogP contribution in [0.1, 0.15) is 47.0 Å². The van der Waals surface area contributed by atoms with E-state index in [1.54, 1.807) is 6.92 Å². The summed E-state index contributed by atoms with van der Waals surface area (Å²) >= 11 is 0. The molecule has 0 radical (unpaired) electrons. The number of nitrogens with zero attached hydrogens (tertiary/aromatic N) is 1. The van der Waals surface area contributed by atoms with Crippen molar-refractivity contribution in [3.63, 3.8) is 0 Å². The standard InChI is InChI=1S/C14H30N2O2S/c1-5-14(4)12-16(13(3)8-9-15-14)10-7-11-19(17,18)6-2/h13,15H,5-12H2,1-4H3. The molecule has 0 bridgehead atoms. The summed E-state index contributed by atoms with van der Waals surface area (Å²) in [7, 11) is -2.82. The fourth-order valence-corrected chi connectivity index (χ4v) is 3.45. The van der Waals surface area contributed by atoms with Gasteiger partial charge in [-0.1, -0.05) is 13.8 Å². The first-order chi connectivity index (χ1) is 8.82. The lowest BCUT2D eigenvalue weighted by atomic mass is 9.98. The van der Waals surface area contributed by atoms with Crippen LogP contribution in [0.25, 0.3) is 0 Å². The predicted molar refractivity (Wildman–Crippen MR) is 81.3 cm³/mol. The van der Waals surface area contributed by atoms with Crippen LogP contribution in [0, 0.1) is 0 Å². The van der Waals surface area contributed by atoms with E-state index < -0.39 is 9.84 Å². The maximum Gasteiger partial charge on any atom is 0.150 e. The Labute approximate surface area is 118 Å². The lowest BCUT2D eigenvalue weighted by Gasteiger charge is -2.34. The van der Waals surface area contributed by atoms with Gasteiger partial charge in [0.1, 0.15) is 9.84 Å². The first-order valence-electron chi connectivity index (χ1n) is 7.51. The molecular weight excluding hydrogens is 260 g/mol. The molecule has 1 fully saturated rings. The van der Waals surface area contributed by atoms with Crippen molar-refractivity contribution in [2.75, 3.05) is 31.1 Å². The van der Waals surface area contributed by atoms with Gasteiger partial charge in [-0.15, -0.1) is 0 Å². The molecule has 19 heavy (non-hydrogen) atoms. The minimum atomic E-state index is -2.82. The summed E-state index contributed by atoms with van der Waals surface area (Å²) in [5.74, 6) is 0.583. The number of rotatable bonds is 6. The zero-order valence-electron chi connectivity index (χ0n) is 12.9. The van der Waals surface area contributed by atoms with Crippen LogP contribution in [-0.4, -0.2) is 56.0 Å². The van der Waals surface area contributed by atoms with Gasteiger partial charge in [0.05, 0.1) is 5.75 Å². The summed E-state index contributed by atoms with van der Waals surface area (Å²) < 4.78 is 23.1. The van der Waals surface area contributed by atoms with Gasteiger partial charge in [0.15, 0.2) is 0 Å². The minimum absolute atomic E-state index is 0.161. The van der Waals surface area contributed by atoms with Crippen molar-refractivity contribution >= 4 is 9.84 Å². The van der Waals surface area contributed by atoms with Crippen molar-refractivity contribution in [2.24, 2.45) is 0 Å². The fraction of sp³-hybridized carbons (Fsp3) is 1.00. The van der Waals surface area contributed by atoms with Crippen molar-refractivity contribution in [3.8, 4) is 0 Å². The maximum absolute atomic E-state index is 11.5. The van der Waals surface area contributed by atoms with E-state index in [0.29, 0.717) is 11.8 Å². The molecule has 0 amide bonds.